The van der Waals surface area contributed by atoms with E-state index in [0.29, 0.717) is 6.42 Å². The van der Waals surface area contributed by atoms with E-state index >= 15 is 0 Å². The highest BCUT2D eigenvalue weighted by atomic mass is 16.6. The maximum absolute atomic E-state index is 11.7. The van der Waals surface area contributed by atoms with Crippen LogP contribution in [0.1, 0.15) is 110 Å². The van der Waals surface area contributed by atoms with E-state index in [-0.39, 0.29) is 12.2 Å². The molecule has 0 aromatic heterocycles. The predicted octanol–water partition coefficient (Wildman–Crippen LogP) is 5.72. The average Bonchev–Trinajstić information content (AvgIpc) is 2.57. The standard InChI is InChI=1S/C20H39NO2/c1-2-3-4-5-6-7-8-9-10-11-12-13-17-20(22)23-19-16-14-15-18-21-19/h19,21H,2-18H2,1H3. The van der Waals surface area contributed by atoms with Crippen LogP contribution in [-0.4, -0.2) is 18.7 Å². The number of esters is 1. The summed E-state index contributed by atoms with van der Waals surface area (Å²) in [6.07, 6.45) is 19.8. The summed E-state index contributed by atoms with van der Waals surface area (Å²) in [6.45, 7) is 3.25. The van der Waals surface area contributed by atoms with Crippen molar-refractivity contribution in [2.75, 3.05) is 6.54 Å². The lowest BCUT2D eigenvalue weighted by Crippen LogP contribution is -2.37. The Hall–Kier alpha value is -0.570. The number of hydrogen-bond acceptors (Lipinski definition) is 3. The maximum atomic E-state index is 11.7. The minimum atomic E-state index is -0.0198. The fourth-order valence-corrected chi connectivity index (χ4v) is 3.25. The summed E-state index contributed by atoms with van der Waals surface area (Å²) in [4.78, 5) is 11.7. The lowest BCUT2D eigenvalue weighted by atomic mass is 10.0. The molecule has 0 aromatic rings. The molecule has 0 spiro atoms. The van der Waals surface area contributed by atoms with Crippen LogP contribution in [0.3, 0.4) is 0 Å². The summed E-state index contributed by atoms with van der Waals surface area (Å²) in [5, 5.41) is 3.25. The molecule has 1 atom stereocenters. The van der Waals surface area contributed by atoms with Crippen LogP contribution in [0.4, 0.5) is 0 Å². The Labute approximate surface area is 143 Å². The topological polar surface area (TPSA) is 38.3 Å². The van der Waals surface area contributed by atoms with Gasteiger partial charge in [-0.2, -0.15) is 0 Å². The van der Waals surface area contributed by atoms with Crippen molar-refractivity contribution in [3.8, 4) is 0 Å². The quantitative estimate of drug-likeness (QED) is 0.328. The second kappa shape index (κ2) is 15.0. The van der Waals surface area contributed by atoms with Gasteiger partial charge in [0.2, 0.25) is 0 Å². The van der Waals surface area contributed by atoms with Crippen LogP contribution in [0.2, 0.25) is 0 Å². The van der Waals surface area contributed by atoms with E-state index in [1.165, 1.54) is 83.5 Å². The largest absolute Gasteiger partial charge is 0.447 e. The number of piperidine rings is 1. The van der Waals surface area contributed by atoms with Gasteiger partial charge in [-0.25, -0.2) is 0 Å². The minimum Gasteiger partial charge on any atom is -0.447 e. The molecule has 136 valence electrons. The molecule has 1 saturated heterocycles. The molecule has 1 heterocycles. The van der Waals surface area contributed by atoms with Crippen LogP contribution in [-0.2, 0) is 9.53 Å². The lowest BCUT2D eigenvalue weighted by Gasteiger charge is -2.23. The van der Waals surface area contributed by atoms with Gasteiger partial charge in [-0.3, -0.25) is 10.1 Å². The van der Waals surface area contributed by atoms with Crippen LogP contribution in [0.25, 0.3) is 0 Å². The van der Waals surface area contributed by atoms with Crippen molar-refractivity contribution >= 4 is 5.97 Å². The van der Waals surface area contributed by atoms with Crippen molar-refractivity contribution in [2.24, 2.45) is 0 Å². The number of rotatable bonds is 14. The Morgan fingerprint density at radius 2 is 1.43 bits per heavy atom. The number of ether oxygens (including phenoxy) is 1. The van der Waals surface area contributed by atoms with Gasteiger partial charge in [-0.05, 0) is 32.2 Å². The van der Waals surface area contributed by atoms with E-state index in [4.69, 9.17) is 4.74 Å². The Kier molecular flexibility index (Phi) is 13.3. The Morgan fingerprint density at radius 1 is 0.870 bits per heavy atom. The van der Waals surface area contributed by atoms with Gasteiger partial charge in [-0.1, -0.05) is 77.6 Å². The van der Waals surface area contributed by atoms with Crippen molar-refractivity contribution in [1.29, 1.82) is 0 Å². The van der Waals surface area contributed by atoms with Crippen molar-refractivity contribution in [3.05, 3.63) is 0 Å². The molecule has 0 saturated carbocycles. The Morgan fingerprint density at radius 3 is 1.96 bits per heavy atom. The molecule has 1 unspecified atom stereocenters. The molecule has 0 amide bonds. The molecule has 0 aromatic carbocycles. The minimum absolute atomic E-state index is 0.0171. The molecular formula is C20H39NO2. The molecule has 1 rings (SSSR count). The molecule has 0 bridgehead atoms. The van der Waals surface area contributed by atoms with E-state index < -0.39 is 0 Å². The maximum Gasteiger partial charge on any atom is 0.307 e. The first kappa shape index (κ1) is 20.5. The average molecular weight is 326 g/mol. The highest BCUT2D eigenvalue weighted by Gasteiger charge is 2.16. The summed E-state index contributed by atoms with van der Waals surface area (Å²) < 4.78 is 5.44. The van der Waals surface area contributed by atoms with Crippen LogP contribution in [0, 0.1) is 0 Å². The van der Waals surface area contributed by atoms with E-state index in [1.807, 2.05) is 0 Å². The SMILES string of the molecule is CCCCCCCCCCCCCCC(=O)OC1CCCCN1. The van der Waals surface area contributed by atoms with Crippen LogP contribution < -0.4 is 5.32 Å². The third-order valence-electron chi connectivity index (χ3n) is 4.77. The van der Waals surface area contributed by atoms with Gasteiger partial charge in [0, 0.05) is 6.42 Å². The zero-order valence-electron chi connectivity index (χ0n) is 15.4. The van der Waals surface area contributed by atoms with Gasteiger partial charge in [-0.15, -0.1) is 0 Å². The first-order chi connectivity index (χ1) is 11.3. The van der Waals surface area contributed by atoms with E-state index in [1.54, 1.807) is 0 Å². The highest BCUT2D eigenvalue weighted by molar-refractivity contribution is 5.69. The third kappa shape index (κ3) is 12.5. The highest BCUT2D eigenvalue weighted by Crippen LogP contribution is 2.13. The van der Waals surface area contributed by atoms with Gasteiger partial charge in [0.15, 0.2) is 6.23 Å². The molecule has 0 aliphatic carbocycles. The zero-order valence-corrected chi connectivity index (χ0v) is 15.4. The van der Waals surface area contributed by atoms with Crippen LogP contribution in [0.5, 0.6) is 0 Å². The van der Waals surface area contributed by atoms with Gasteiger partial charge in [0.05, 0.1) is 0 Å². The van der Waals surface area contributed by atoms with Crippen LogP contribution >= 0.6 is 0 Å². The number of hydrogen-bond donors (Lipinski definition) is 1. The van der Waals surface area contributed by atoms with Crippen molar-refractivity contribution in [3.63, 3.8) is 0 Å². The summed E-state index contributed by atoms with van der Waals surface area (Å²) in [5.74, 6) is -0.0171. The third-order valence-corrected chi connectivity index (χ3v) is 4.77. The van der Waals surface area contributed by atoms with Gasteiger partial charge < -0.3 is 4.74 Å². The monoisotopic (exact) mass is 325 g/mol. The number of nitrogens with one attached hydrogen (secondary N) is 1. The predicted molar refractivity (Wildman–Crippen MR) is 97.4 cm³/mol. The second-order valence-corrected chi connectivity index (χ2v) is 7.07. The molecule has 1 fully saturated rings. The lowest BCUT2D eigenvalue weighted by molar-refractivity contribution is -0.152. The van der Waals surface area contributed by atoms with Crippen molar-refractivity contribution in [2.45, 2.75) is 116 Å². The normalized spacial score (nSPS) is 18.0. The molecule has 1 aliphatic rings. The summed E-state index contributed by atoms with van der Waals surface area (Å²) in [7, 11) is 0. The molecule has 3 heteroatoms. The van der Waals surface area contributed by atoms with E-state index in [2.05, 4.69) is 12.2 Å². The smallest absolute Gasteiger partial charge is 0.307 e. The number of unbranched alkanes of at least 4 members (excludes halogenated alkanes) is 11. The van der Waals surface area contributed by atoms with Crippen molar-refractivity contribution < 1.29 is 9.53 Å². The first-order valence-electron chi connectivity index (χ1n) is 10.3. The zero-order chi connectivity index (χ0) is 16.6. The summed E-state index contributed by atoms with van der Waals surface area (Å²) in [5.41, 5.74) is 0. The van der Waals surface area contributed by atoms with E-state index in [9.17, 15) is 4.79 Å². The van der Waals surface area contributed by atoms with E-state index in [0.717, 1.165) is 19.4 Å². The fraction of sp³-hybridized carbons (Fsp3) is 0.950. The Balaban J connectivity index is 1.77. The molecule has 1 N–H and O–H groups in total. The summed E-state index contributed by atoms with van der Waals surface area (Å²) in [6, 6.07) is 0. The fourth-order valence-electron chi connectivity index (χ4n) is 3.25. The summed E-state index contributed by atoms with van der Waals surface area (Å²) >= 11 is 0. The van der Waals surface area contributed by atoms with Gasteiger partial charge in [0.1, 0.15) is 0 Å². The molecule has 23 heavy (non-hydrogen) atoms. The number of carbonyl (C=O) groups is 1. The molecule has 3 nitrogen and oxygen atoms in total. The molecule has 0 radical (unpaired) electrons. The molecular weight excluding hydrogens is 286 g/mol. The Bertz CT molecular complexity index is 275. The van der Waals surface area contributed by atoms with Crippen molar-refractivity contribution in [1.82, 2.24) is 5.32 Å². The number of carbonyl (C=O) groups excluding carboxylic acids is 1. The van der Waals surface area contributed by atoms with Crippen LogP contribution in [0.15, 0.2) is 0 Å². The van der Waals surface area contributed by atoms with Gasteiger partial charge >= 0.3 is 5.97 Å². The molecule has 1 aliphatic heterocycles. The van der Waals surface area contributed by atoms with Gasteiger partial charge in [0.25, 0.3) is 0 Å². The first-order valence-corrected chi connectivity index (χ1v) is 10.3. The second-order valence-electron chi connectivity index (χ2n) is 7.07.